The molecule has 2 aromatic carbocycles. The Morgan fingerprint density at radius 1 is 1.14 bits per heavy atom. The minimum atomic E-state index is -3.95. The Morgan fingerprint density at radius 2 is 1.86 bits per heavy atom. The van der Waals surface area contributed by atoms with Crippen molar-refractivity contribution < 1.29 is 13.2 Å². The molecule has 2 N–H and O–H groups in total. The number of nitrogens with one attached hydrogen (secondary N) is 2. The minimum absolute atomic E-state index is 0.0170. The number of amides is 1. The number of hydrogen-bond acceptors (Lipinski definition) is 6. The molecule has 7 nitrogen and oxygen atoms in total. The number of carbonyl (C=O) groups is 1. The van der Waals surface area contributed by atoms with E-state index in [2.05, 4.69) is 18.8 Å². The molecule has 0 aliphatic heterocycles. The van der Waals surface area contributed by atoms with Crippen LogP contribution in [0.25, 0.3) is 11.0 Å². The van der Waals surface area contributed by atoms with Crippen LogP contribution in [0.1, 0.15) is 19.4 Å². The van der Waals surface area contributed by atoms with E-state index in [4.69, 9.17) is 11.6 Å². The van der Waals surface area contributed by atoms with Crippen LogP contribution in [0.3, 0.4) is 0 Å². The van der Waals surface area contributed by atoms with Crippen LogP contribution in [-0.4, -0.2) is 35.7 Å². The minimum Gasteiger partial charge on any atom is -0.354 e. The molecule has 3 aromatic rings. The van der Waals surface area contributed by atoms with E-state index in [0.717, 1.165) is 17.3 Å². The Bertz CT molecular complexity index is 1100. The number of aromatic nitrogens is 2. The van der Waals surface area contributed by atoms with Gasteiger partial charge in [-0.1, -0.05) is 43.6 Å². The molecule has 0 spiro atoms. The van der Waals surface area contributed by atoms with Gasteiger partial charge in [-0.2, -0.15) is 13.5 Å². The second-order valence-electron chi connectivity index (χ2n) is 6.90. The third-order valence-corrected chi connectivity index (χ3v) is 6.66. The van der Waals surface area contributed by atoms with Gasteiger partial charge in [0.25, 0.3) is 0 Å². The maximum atomic E-state index is 12.9. The first kappa shape index (κ1) is 21.6. The van der Waals surface area contributed by atoms with Gasteiger partial charge in [0.15, 0.2) is 0 Å². The predicted molar refractivity (Wildman–Crippen MR) is 115 cm³/mol. The van der Waals surface area contributed by atoms with E-state index in [1.54, 1.807) is 38.1 Å². The molecule has 1 heterocycles. The summed E-state index contributed by atoms with van der Waals surface area (Å²) in [5, 5.41) is 3.46. The van der Waals surface area contributed by atoms with Gasteiger partial charge in [-0.3, -0.25) is 4.79 Å². The number of hydrogen-bond donors (Lipinski definition) is 2. The highest BCUT2D eigenvalue weighted by Crippen LogP contribution is 2.22. The number of carbonyl (C=O) groups excluding carboxylic acids is 1. The molecule has 0 aliphatic rings. The highest BCUT2D eigenvalue weighted by Gasteiger charge is 2.29. The Balaban J connectivity index is 1.69. The lowest BCUT2D eigenvalue weighted by Crippen LogP contribution is -2.50. The quantitative estimate of drug-likeness (QED) is 0.547. The van der Waals surface area contributed by atoms with Gasteiger partial charge in [0.05, 0.1) is 11.7 Å². The molecule has 3 rings (SSSR count). The first-order valence-corrected chi connectivity index (χ1v) is 11.6. The third-order valence-electron chi connectivity index (χ3n) is 4.40. The first-order chi connectivity index (χ1) is 13.8. The van der Waals surface area contributed by atoms with Gasteiger partial charge < -0.3 is 5.32 Å². The molecule has 10 heteroatoms. The zero-order chi connectivity index (χ0) is 21.0. The van der Waals surface area contributed by atoms with Gasteiger partial charge in [-0.05, 0) is 42.2 Å². The van der Waals surface area contributed by atoms with E-state index < -0.39 is 16.1 Å². The molecular weight excluding hydrogens is 432 g/mol. The van der Waals surface area contributed by atoms with E-state index in [0.29, 0.717) is 29.0 Å². The lowest BCUT2D eigenvalue weighted by Gasteiger charge is -2.21. The molecule has 1 aromatic heterocycles. The monoisotopic (exact) mass is 452 g/mol. The second kappa shape index (κ2) is 9.17. The predicted octanol–water partition coefficient (Wildman–Crippen LogP) is 3.01. The zero-order valence-electron chi connectivity index (χ0n) is 15.9. The summed E-state index contributed by atoms with van der Waals surface area (Å²) >= 11 is 6.82. The van der Waals surface area contributed by atoms with Crippen LogP contribution in [-0.2, 0) is 21.2 Å². The summed E-state index contributed by atoms with van der Waals surface area (Å²) in [7, 11) is -3.95. The van der Waals surface area contributed by atoms with Crippen LogP contribution in [0, 0.1) is 5.92 Å². The van der Waals surface area contributed by atoms with Gasteiger partial charge in [-0.25, -0.2) is 8.42 Å². The number of rotatable bonds is 8. The number of halogens is 1. The van der Waals surface area contributed by atoms with Gasteiger partial charge in [0.1, 0.15) is 22.0 Å². The van der Waals surface area contributed by atoms with Crippen LogP contribution < -0.4 is 10.0 Å². The van der Waals surface area contributed by atoms with Crippen molar-refractivity contribution in [3.8, 4) is 0 Å². The summed E-state index contributed by atoms with van der Waals surface area (Å²) in [5.41, 5.74) is 1.83. The van der Waals surface area contributed by atoms with Gasteiger partial charge in [-0.15, -0.1) is 0 Å². The highest BCUT2D eigenvalue weighted by atomic mass is 35.5. The van der Waals surface area contributed by atoms with Crippen molar-refractivity contribution in [3.63, 3.8) is 0 Å². The van der Waals surface area contributed by atoms with Crippen molar-refractivity contribution in [1.29, 1.82) is 0 Å². The molecule has 29 heavy (non-hydrogen) atoms. The molecular formula is C19H21ClN4O3S2. The summed E-state index contributed by atoms with van der Waals surface area (Å²) in [6.07, 6.45) is 0.615. The summed E-state index contributed by atoms with van der Waals surface area (Å²) in [4.78, 5) is 12.7. The molecule has 0 aliphatic carbocycles. The fourth-order valence-corrected chi connectivity index (χ4v) is 5.05. The molecule has 1 amide bonds. The van der Waals surface area contributed by atoms with Crippen LogP contribution in [0.4, 0.5) is 0 Å². The van der Waals surface area contributed by atoms with Crippen molar-refractivity contribution in [3.05, 3.63) is 53.1 Å². The Kier molecular flexibility index (Phi) is 6.84. The fourth-order valence-electron chi connectivity index (χ4n) is 2.81. The number of fused-ring (bicyclic) bond motifs is 1. The Labute approximate surface area is 178 Å². The zero-order valence-corrected chi connectivity index (χ0v) is 18.3. The second-order valence-corrected chi connectivity index (χ2v) is 9.55. The normalized spacial score (nSPS) is 13.0. The van der Waals surface area contributed by atoms with Gasteiger partial charge in [0, 0.05) is 11.6 Å². The van der Waals surface area contributed by atoms with Gasteiger partial charge >= 0.3 is 0 Å². The number of nitrogens with zero attached hydrogens (tertiary/aromatic N) is 2. The summed E-state index contributed by atoms with van der Waals surface area (Å²) in [5.74, 6) is -0.616. The van der Waals surface area contributed by atoms with Crippen molar-refractivity contribution in [2.24, 2.45) is 5.92 Å². The molecule has 0 saturated heterocycles. The van der Waals surface area contributed by atoms with E-state index in [-0.39, 0.29) is 16.7 Å². The van der Waals surface area contributed by atoms with Crippen LogP contribution in [0.15, 0.2) is 47.4 Å². The summed E-state index contributed by atoms with van der Waals surface area (Å²) in [6, 6.07) is 11.2. The average molecular weight is 453 g/mol. The van der Waals surface area contributed by atoms with Crippen LogP contribution in [0.2, 0.25) is 5.02 Å². The smallest absolute Gasteiger partial charge is 0.243 e. The molecule has 0 fully saturated rings. The standard InChI is InChI=1S/C19H21ClN4O3S2/c1-12(2)17(19(25)21-11-10-13-6-8-14(20)9-7-13)24-29(26,27)16-5-3-4-15-18(16)23-28-22-15/h3-9,12,17,24H,10-11H2,1-2H3,(H,21,25)/t17-/m1/s1. The Morgan fingerprint density at radius 3 is 2.55 bits per heavy atom. The van der Waals surface area contributed by atoms with E-state index in [9.17, 15) is 13.2 Å². The van der Waals surface area contributed by atoms with Crippen LogP contribution >= 0.6 is 23.3 Å². The van der Waals surface area contributed by atoms with Gasteiger partial charge in [0.2, 0.25) is 15.9 Å². The third kappa shape index (κ3) is 5.30. The van der Waals surface area contributed by atoms with Crippen molar-refractivity contribution in [2.45, 2.75) is 31.2 Å². The number of benzene rings is 2. The maximum Gasteiger partial charge on any atom is 0.243 e. The Hall–Kier alpha value is -2.07. The maximum absolute atomic E-state index is 12.9. The van der Waals surface area contributed by atoms with Crippen molar-refractivity contribution in [2.75, 3.05) is 6.54 Å². The molecule has 1 atom stereocenters. The van der Waals surface area contributed by atoms with Crippen LogP contribution in [0.5, 0.6) is 0 Å². The molecule has 0 radical (unpaired) electrons. The highest BCUT2D eigenvalue weighted by molar-refractivity contribution is 7.89. The average Bonchev–Trinajstić information content (AvgIpc) is 3.16. The lowest BCUT2D eigenvalue weighted by atomic mass is 10.0. The lowest BCUT2D eigenvalue weighted by molar-refractivity contribution is -0.123. The summed E-state index contributed by atoms with van der Waals surface area (Å²) in [6.45, 7) is 3.96. The van der Waals surface area contributed by atoms with Crippen molar-refractivity contribution >= 4 is 50.3 Å². The number of sulfonamides is 1. The molecule has 0 unspecified atom stereocenters. The molecule has 154 valence electrons. The molecule has 0 bridgehead atoms. The van der Waals surface area contributed by atoms with E-state index >= 15 is 0 Å². The molecule has 0 saturated carbocycles. The first-order valence-electron chi connectivity index (χ1n) is 9.03. The van der Waals surface area contributed by atoms with E-state index in [1.807, 2.05) is 12.1 Å². The topological polar surface area (TPSA) is 101 Å². The fraction of sp³-hybridized carbons (Fsp3) is 0.316. The SMILES string of the molecule is CC(C)[C@@H](NS(=O)(=O)c1cccc2nsnc12)C(=O)NCCc1ccc(Cl)cc1. The van der Waals surface area contributed by atoms with E-state index in [1.165, 1.54) is 6.07 Å². The summed E-state index contributed by atoms with van der Waals surface area (Å²) < 4.78 is 36.5. The van der Waals surface area contributed by atoms with Crippen molar-refractivity contribution in [1.82, 2.24) is 18.8 Å². The largest absolute Gasteiger partial charge is 0.354 e.